The zero-order valence-electron chi connectivity index (χ0n) is 12.2. The van der Waals surface area contributed by atoms with E-state index in [1.807, 2.05) is 13.8 Å². The highest BCUT2D eigenvalue weighted by Crippen LogP contribution is 2.36. The van der Waals surface area contributed by atoms with E-state index in [2.05, 4.69) is 12.2 Å². The maximum Gasteiger partial charge on any atom is 0.317 e. The Kier molecular flexibility index (Phi) is 5.63. The second-order valence-electron chi connectivity index (χ2n) is 6.11. The summed E-state index contributed by atoms with van der Waals surface area (Å²) in [7, 11) is 0. The van der Waals surface area contributed by atoms with Crippen LogP contribution in [-0.4, -0.2) is 41.1 Å². The number of carbonyl (C=O) groups is 2. The molecule has 0 aliphatic heterocycles. The molecule has 2 N–H and O–H groups in total. The first-order chi connectivity index (χ1) is 8.84. The van der Waals surface area contributed by atoms with E-state index < -0.39 is 5.97 Å². The summed E-state index contributed by atoms with van der Waals surface area (Å²) >= 11 is 0. The summed E-state index contributed by atoms with van der Waals surface area (Å²) in [6.45, 7) is 6.95. The Morgan fingerprint density at radius 3 is 2.37 bits per heavy atom. The molecule has 2 amide bonds. The molecule has 0 bridgehead atoms. The second-order valence-corrected chi connectivity index (χ2v) is 6.11. The monoisotopic (exact) mass is 270 g/mol. The summed E-state index contributed by atoms with van der Waals surface area (Å²) < 4.78 is 0. The molecule has 1 aliphatic carbocycles. The topological polar surface area (TPSA) is 69.6 Å². The van der Waals surface area contributed by atoms with Gasteiger partial charge >= 0.3 is 12.0 Å². The van der Waals surface area contributed by atoms with Gasteiger partial charge in [0.15, 0.2) is 0 Å². The third-order valence-corrected chi connectivity index (χ3v) is 3.93. The predicted molar refractivity (Wildman–Crippen MR) is 74.1 cm³/mol. The van der Waals surface area contributed by atoms with Crippen molar-refractivity contribution in [2.24, 2.45) is 5.41 Å². The lowest BCUT2D eigenvalue weighted by atomic mass is 9.89. The molecule has 0 aromatic rings. The number of hydrogen-bond acceptors (Lipinski definition) is 2. The zero-order chi connectivity index (χ0) is 14.5. The van der Waals surface area contributed by atoms with Crippen LogP contribution < -0.4 is 5.32 Å². The van der Waals surface area contributed by atoms with E-state index in [1.165, 1.54) is 12.8 Å². The molecule has 0 unspecified atom stereocenters. The van der Waals surface area contributed by atoms with Crippen molar-refractivity contribution in [3.8, 4) is 0 Å². The van der Waals surface area contributed by atoms with Gasteiger partial charge in [0.2, 0.25) is 0 Å². The summed E-state index contributed by atoms with van der Waals surface area (Å²) in [6.07, 6.45) is 4.77. The Morgan fingerprint density at radius 2 is 1.89 bits per heavy atom. The van der Waals surface area contributed by atoms with Crippen LogP contribution in [0.1, 0.15) is 52.9 Å². The zero-order valence-corrected chi connectivity index (χ0v) is 12.2. The average Bonchev–Trinajstić information content (AvgIpc) is 2.73. The normalized spacial score (nSPS) is 17.5. The first-order valence-electron chi connectivity index (χ1n) is 7.10. The van der Waals surface area contributed by atoms with Crippen molar-refractivity contribution in [3.63, 3.8) is 0 Å². The summed E-state index contributed by atoms with van der Waals surface area (Å²) in [5.74, 6) is -0.874. The van der Waals surface area contributed by atoms with Gasteiger partial charge in [-0.3, -0.25) is 4.79 Å². The van der Waals surface area contributed by atoms with Crippen LogP contribution in [0.3, 0.4) is 0 Å². The minimum absolute atomic E-state index is 0.00994. The minimum atomic E-state index is -0.874. The fourth-order valence-electron chi connectivity index (χ4n) is 2.61. The highest BCUT2D eigenvalue weighted by molar-refractivity contribution is 5.75. The van der Waals surface area contributed by atoms with Gasteiger partial charge < -0.3 is 15.3 Å². The molecule has 5 heteroatoms. The van der Waals surface area contributed by atoms with E-state index >= 15 is 0 Å². The standard InChI is InChI=1S/C14H26N2O3/c1-11(2)16(9-6-12(17)18)13(19)15-10-14(3)7-4-5-8-14/h11H,4-10H2,1-3H3,(H,15,19)(H,17,18). The number of rotatable bonds is 6. The Labute approximate surface area is 115 Å². The summed E-state index contributed by atoms with van der Waals surface area (Å²) in [5, 5.41) is 11.7. The lowest BCUT2D eigenvalue weighted by Gasteiger charge is -2.30. The minimum Gasteiger partial charge on any atom is -0.481 e. The Morgan fingerprint density at radius 1 is 1.32 bits per heavy atom. The molecular formula is C14H26N2O3. The molecule has 19 heavy (non-hydrogen) atoms. The molecule has 0 aromatic carbocycles. The first-order valence-corrected chi connectivity index (χ1v) is 7.10. The molecular weight excluding hydrogens is 244 g/mol. The quantitative estimate of drug-likeness (QED) is 0.779. The molecule has 1 aliphatic rings. The summed E-state index contributed by atoms with van der Waals surface area (Å²) in [4.78, 5) is 24.3. The Hall–Kier alpha value is -1.26. The van der Waals surface area contributed by atoms with E-state index in [0.717, 1.165) is 12.8 Å². The van der Waals surface area contributed by atoms with Crippen LogP contribution in [0.25, 0.3) is 0 Å². The Bertz CT molecular complexity index is 323. The molecule has 0 spiro atoms. The molecule has 0 atom stereocenters. The van der Waals surface area contributed by atoms with Gasteiger partial charge in [-0.2, -0.15) is 0 Å². The number of nitrogens with zero attached hydrogens (tertiary/aromatic N) is 1. The van der Waals surface area contributed by atoms with Crippen LogP contribution in [-0.2, 0) is 4.79 Å². The average molecular weight is 270 g/mol. The lowest BCUT2D eigenvalue weighted by Crippen LogP contribution is -2.47. The van der Waals surface area contributed by atoms with Gasteiger partial charge in [0.05, 0.1) is 6.42 Å². The fraction of sp³-hybridized carbons (Fsp3) is 0.857. The highest BCUT2D eigenvalue weighted by Gasteiger charge is 2.29. The summed E-state index contributed by atoms with van der Waals surface area (Å²) in [5.41, 5.74) is 0.213. The molecule has 110 valence electrons. The second kappa shape index (κ2) is 6.78. The van der Waals surface area contributed by atoms with Crippen LogP contribution >= 0.6 is 0 Å². The molecule has 1 fully saturated rings. The van der Waals surface area contributed by atoms with Crippen molar-refractivity contribution >= 4 is 12.0 Å². The van der Waals surface area contributed by atoms with E-state index in [1.54, 1.807) is 4.90 Å². The maximum absolute atomic E-state index is 12.1. The van der Waals surface area contributed by atoms with Gasteiger partial charge in [-0.05, 0) is 32.1 Å². The van der Waals surface area contributed by atoms with Gasteiger partial charge in [0.1, 0.15) is 0 Å². The molecule has 0 aromatic heterocycles. The van der Waals surface area contributed by atoms with Crippen LogP contribution in [0.2, 0.25) is 0 Å². The first kappa shape index (κ1) is 15.8. The number of amides is 2. The molecule has 1 rings (SSSR count). The molecule has 1 saturated carbocycles. The van der Waals surface area contributed by atoms with Crippen molar-refractivity contribution in [2.45, 2.75) is 58.9 Å². The largest absolute Gasteiger partial charge is 0.481 e. The third-order valence-electron chi connectivity index (χ3n) is 3.93. The van der Waals surface area contributed by atoms with Gasteiger partial charge in [-0.1, -0.05) is 19.8 Å². The van der Waals surface area contributed by atoms with Crippen molar-refractivity contribution in [3.05, 3.63) is 0 Å². The van der Waals surface area contributed by atoms with E-state index in [0.29, 0.717) is 6.54 Å². The van der Waals surface area contributed by atoms with Gasteiger partial charge in [0.25, 0.3) is 0 Å². The van der Waals surface area contributed by atoms with Gasteiger partial charge in [-0.25, -0.2) is 4.79 Å². The SMILES string of the molecule is CC(C)N(CCC(=O)O)C(=O)NCC1(C)CCCC1. The Balaban J connectivity index is 2.45. The molecule has 0 saturated heterocycles. The highest BCUT2D eigenvalue weighted by atomic mass is 16.4. The van der Waals surface area contributed by atoms with Gasteiger partial charge in [0, 0.05) is 19.1 Å². The number of carboxylic acid groups (broad SMARTS) is 1. The van der Waals surface area contributed by atoms with E-state index in [-0.39, 0.29) is 30.5 Å². The van der Waals surface area contributed by atoms with E-state index in [4.69, 9.17) is 5.11 Å². The number of carboxylic acids is 1. The number of carbonyl (C=O) groups excluding carboxylic acids is 1. The van der Waals surface area contributed by atoms with Crippen LogP contribution in [0.15, 0.2) is 0 Å². The van der Waals surface area contributed by atoms with Crippen molar-refractivity contribution in [2.75, 3.05) is 13.1 Å². The maximum atomic E-state index is 12.1. The summed E-state index contributed by atoms with van der Waals surface area (Å²) in [6, 6.07) is -0.139. The number of aliphatic carboxylic acids is 1. The molecule has 0 radical (unpaired) electrons. The van der Waals surface area contributed by atoms with Gasteiger partial charge in [-0.15, -0.1) is 0 Å². The van der Waals surface area contributed by atoms with Crippen molar-refractivity contribution < 1.29 is 14.7 Å². The van der Waals surface area contributed by atoms with Crippen LogP contribution in [0.5, 0.6) is 0 Å². The van der Waals surface area contributed by atoms with Crippen LogP contribution in [0.4, 0.5) is 4.79 Å². The predicted octanol–water partition coefficient (Wildman–Crippen LogP) is 2.46. The molecule has 5 nitrogen and oxygen atoms in total. The smallest absolute Gasteiger partial charge is 0.317 e. The number of hydrogen-bond donors (Lipinski definition) is 2. The van der Waals surface area contributed by atoms with Crippen molar-refractivity contribution in [1.29, 1.82) is 0 Å². The third kappa shape index (κ3) is 5.09. The van der Waals surface area contributed by atoms with Crippen LogP contribution in [0, 0.1) is 5.41 Å². The fourth-order valence-corrected chi connectivity index (χ4v) is 2.61. The lowest BCUT2D eigenvalue weighted by molar-refractivity contribution is -0.137. The van der Waals surface area contributed by atoms with Crippen molar-refractivity contribution in [1.82, 2.24) is 10.2 Å². The van der Waals surface area contributed by atoms with E-state index in [9.17, 15) is 9.59 Å². The molecule has 0 heterocycles. The number of urea groups is 1. The number of nitrogens with one attached hydrogen (secondary N) is 1.